The molecule has 7 nitrogen and oxygen atoms in total. The number of carboxylic acids is 1. The Bertz CT molecular complexity index is 498. The van der Waals surface area contributed by atoms with Gasteiger partial charge in [0, 0.05) is 19.2 Å². The van der Waals surface area contributed by atoms with Crippen LogP contribution in [0.15, 0.2) is 29.3 Å². The van der Waals surface area contributed by atoms with Crippen LogP contribution in [0.25, 0.3) is 0 Å². The fraction of sp³-hybridized carbons (Fsp3) is 0.200. The van der Waals surface area contributed by atoms with E-state index in [1.54, 1.807) is 0 Å². The summed E-state index contributed by atoms with van der Waals surface area (Å²) >= 11 is 0. The van der Waals surface area contributed by atoms with Crippen LogP contribution in [0.3, 0.4) is 0 Å². The second-order valence-electron chi connectivity index (χ2n) is 3.24. The summed E-state index contributed by atoms with van der Waals surface area (Å²) in [6, 6.07) is 1.44. The van der Waals surface area contributed by atoms with Crippen LogP contribution < -0.4 is 5.32 Å². The van der Waals surface area contributed by atoms with E-state index in [1.165, 1.54) is 24.8 Å². The minimum absolute atomic E-state index is 0.186. The van der Waals surface area contributed by atoms with Crippen LogP contribution in [0.4, 0.5) is 5.69 Å². The Morgan fingerprint density at radius 2 is 2.41 bits per heavy atom. The molecule has 0 amide bonds. The van der Waals surface area contributed by atoms with Gasteiger partial charge in [-0.2, -0.15) is 4.98 Å². The number of rotatable bonds is 5. The van der Waals surface area contributed by atoms with E-state index in [-0.39, 0.29) is 5.56 Å². The van der Waals surface area contributed by atoms with Gasteiger partial charge in [-0.1, -0.05) is 5.16 Å². The molecule has 0 aliphatic carbocycles. The van der Waals surface area contributed by atoms with E-state index in [0.29, 0.717) is 24.5 Å². The fourth-order valence-electron chi connectivity index (χ4n) is 1.33. The van der Waals surface area contributed by atoms with Gasteiger partial charge in [0.1, 0.15) is 0 Å². The van der Waals surface area contributed by atoms with Gasteiger partial charge in [-0.25, -0.2) is 4.79 Å². The first-order chi connectivity index (χ1) is 8.27. The molecule has 2 N–H and O–H groups in total. The molecule has 2 aromatic rings. The van der Waals surface area contributed by atoms with Gasteiger partial charge in [-0.05, 0) is 6.07 Å². The van der Waals surface area contributed by atoms with Crippen molar-refractivity contribution >= 4 is 11.7 Å². The van der Waals surface area contributed by atoms with E-state index < -0.39 is 5.97 Å². The number of aromatic nitrogens is 3. The highest BCUT2D eigenvalue weighted by Crippen LogP contribution is 2.12. The molecule has 17 heavy (non-hydrogen) atoms. The summed E-state index contributed by atoms with van der Waals surface area (Å²) in [5, 5.41) is 15.4. The van der Waals surface area contributed by atoms with Crippen molar-refractivity contribution in [2.75, 3.05) is 11.9 Å². The van der Waals surface area contributed by atoms with Gasteiger partial charge < -0.3 is 14.9 Å². The lowest BCUT2D eigenvalue weighted by atomic mass is 10.2. The smallest absolute Gasteiger partial charge is 0.337 e. The monoisotopic (exact) mass is 234 g/mol. The lowest BCUT2D eigenvalue weighted by Gasteiger charge is -2.06. The summed E-state index contributed by atoms with van der Waals surface area (Å²) in [4.78, 5) is 18.6. The van der Waals surface area contributed by atoms with Crippen molar-refractivity contribution in [2.45, 2.75) is 6.42 Å². The van der Waals surface area contributed by atoms with E-state index >= 15 is 0 Å². The molecule has 88 valence electrons. The summed E-state index contributed by atoms with van der Waals surface area (Å²) < 4.78 is 4.82. The molecule has 2 aromatic heterocycles. The number of pyridine rings is 1. The van der Waals surface area contributed by atoms with Crippen LogP contribution in [0.1, 0.15) is 16.2 Å². The maximum absolute atomic E-state index is 10.9. The normalized spacial score (nSPS) is 10.1. The van der Waals surface area contributed by atoms with Gasteiger partial charge in [0.25, 0.3) is 0 Å². The second-order valence-corrected chi connectivity index (χ2v) is 3.24. The van der Waals surface area contributed by atoms with Crippen LogP contribution in [0.2, 0.25) is 0 Å². The Kier molecular flexibility index (Phi) is 3.29. The quantitative estimate of drug-likeness (QED) is 0.789. The molecule has 0 unspecified atom stereocenters. The van der Waals surface area contributed by atoms with Crippen molar-refractivity contribution in [1.29, 1.82) is 0 Å². The van der Waals surface area contributed by atoms with Crippen LogP contribution in [0.5, 0.6) is 0 Å². The first-order valence-electron chi connectivity index (χ1n) is 4.94. The Hall–Kier alpha value is -2.44. The van der Waals surface area contributed by atoms with Gasteiger partial charge in [-0.15, -0.1) is 0 Å². The number of carbonyl (C=O) groups is 1. The van der Waals surface area contributed by atoms with E-state index in [2.05, 4.69) is 20.4 Å². The van der Waals surface area contributed by atoms with Gasteiger partial charge in [0.2, 0.25) is 5.89 Å². The molecule has 0 aromatic carbocycles. The third-order valence-corrected chi connectivity index (χ3v) is 2.11. The van der Waals surface area contributed by atoms with Gasteiger partial charge in [-0.3, -0.25) is 4.98 Å². The first kappa shape index (κ1) is 11.1. The predicted molar refractivity (Wildman–Crippen MR) is 57.7 cm³/mol. The van der Waals surface area contributed by atoms with Crippen molar-refractivity contribution in [3.8, 4) is 0 Å². The summed E-state index contributed by atoms with van der Waals surface area (Å²) in [6.45, 7) is 0.494. The van der Waals surface area contributed by atoms with Crippen molar-refractivity contribution < 1.29 is 14.4 Å². The summed E-state index contributed by atoms with van der Waals surface area (Å²) in [5.74, 6) is -0.494. The molecule has 0 aliphatic rings. The lowest BCUT2D eigenvalue weighted by Crippen LogP contribution is -2.10. The Morgan fingerprint density at radius 3 is 3.12 bits per heavy atom. The molecular formula is C10H10N4O3. The molecule has 0 saturated heterocycles. The van der Waals surface area contributed by atoms with E-state index in [1.807, 2.05) is 0 Å². The number of carboxylic acid groups (broad SMARTS) is 1. The third kappa shape index (κ3) is 2.77. The molecular weight excluding hydrogens is 224 g/mol. The minimum atomic E-state index is -0.993. The SMILES string of the molecule is O=C(O)c1ccncc1NCCc1ncno1. The summed E-state index contributed by atoms with van der Waals surface area (Å²) in [5.41, 5.74) is 0.657. The molecule has 0 radical (unpaired) electrons. The van der Waals surface area contributed by atoms with Crippen LogP contribution in [-0.2, 0) is 6.42 Å². The molecule has 7 heteroatoms. The van der Waals surface area contributed by atoms with Crippen molar-refractivity contribution in [2.24, 2.45) is 0 Å². The molecule has 0 bridgehead atoms. The summed E-state index contributed by atoms with van der Waals surface area (Å²) in [6.07, 6.45) is 4.75. The van der Waals surface area contributed by atoms with Crippen molar-refractivity contribution in [1.82, 2.24) is 15.1 Å². The number of hydrogen-bond acceptors (Lipinski definition) is 6. The largest absolute Gasteiger partial charge is 0.478 e. The zero-order valence-corrected chi connectivity index (χ0v) is 8.83. The average molecular weight is 234 g/mol. The number of nitrogens with zero attached hydrogens (tertiary/aromatic N) is 3. The maximum Gasteiger partial charge on any atom is 0.337 e. The standard InChI is InChI=1S/C10H10N4O3/c15-10(16)7-1-3-11-5-8(7)12-4-2-9-13-6-14-17-9/h1,3,5-6,12H,2,4H2,(H,15,16). The number of hydrogen-bond donors (Lipinski definition) is 2. The fourth-order valence-corrected chi connectivity index (χ4v) is 1.33. The molecule has 2 heterocycles. The van der Waals surface area contributed by atoms with Crippen molar-refractivity contribution in [3.63, 3.8) is 0 Å². The average Bonchev–Trinajstić information content (AvgIpc) is 2.82. The Morgan fingerprint density at radius 1 is 1.53 bits per heavy atom. The summed E-state index contributed by atoms with van der Waals surface area (Å²) in [7, 11) is 0. The van der Waals surface area contributed by atoms with Gasteiger partial charge >= 0.3 is 5.97 Å². The van der Waals surface area contributed by atoms with E-state index in [4.69, 9.17) is 9.63 Å². The minimum Gasteiger partial charge on any atom is -0.478 e. The number of anilines is 1. The number of nitrogens with one attached hydrogen (secondary N) is 1. The first-order valence-corrected chi connectivity index (χ1v) is 4.94. The van der Waals surface area contributed by atoms with Crippen LogP contribution >= 0.6 is 0 Å². The predicted octanol–water partition coefficient (Wildman–Crippen LogP) is 0.817. The maximum atomic E-state index is 10.9. The molecule has 0 spiro atoms. The highest BCUT2D eigenvalue weighted by molar-refractivity contribution is 5.93. The molecule has 2 rings (SSSR count). The van der Waals surface area contributed by atoms with Crippen molar-refractivity contribution in [3.05, 3.63) is 36.2 Å². The van der Waals surface area contributed by atoms with Crippen LogP contribution in [-0.4, -0.2) is 32.7 Å². The Balaban J connectivity index is 1.97. The second kappa shape index (κ2) is 5.06. The topological polar surface area (TPSA) is 101 Å². The molecule has 0 atom stereocenters. The molecule has 0 fully saturated rings. The Labute approximate surface area is 96.5 Å². The lowest BCUT2D eigenvalue weighted by molar-refractivity contribution is 0.0698. The van der Waals surface area contributed by atoms with E-state index in [9.17, 15) is 4.79 Å². The molecule has 0 aliphatic heterocycles. The van der Waals surface area contributed by atoms with E-state index in [0.717, 1.165) is 0 Å². The zero-order chi connectivity index (χ0) is 12.1. The molecule has 0 saturated carbocycles. The third-order valence-electron chi connectivity index (χ3n) is 2.11. The number of aromatic carboxylic acids is 1. The highest BCUT2D eigenvalue weighted by atomic mass is 16.5. The van der Waals surface area contributed by atoms with Crippen LogP contribution in [0, 0.1) is 0 Å². The van der Waals surface area contributed by atoms with Gasteiger partial charge in [0.15, 0.2) is 6.33 Å². The highest BCUT2D eigenvalue weighted by Gasteiger charge is 2.09. The zero-order valence-electron chi connectivity index (χ0n) is 8.83. The van der Waals surface area contributed by atoms with Gasteiger partial charge in [0.05, 0.1) is 17.4 Å².